The van der Waals surface area contributed by atoms with Gasteiger partial charge in [-0.1, -0.05) is 11.2 Å². The molecule has 0 saturated heterocycles. The summed E-state index contributed by atoms with van der Waals surface area (Å²) in [5.41, 5.74) is -5.74. The molecular formula is C31H20N2O10S. The van der Waals surface area contributed by atoms with Crippen LogP contribution in [0, 0.1) is 10.4 Å². The first kappa shape index (κ1) is 27.3. The number of rotatable bonds is 4. The minimum absolute atomic E-state index is 0.0615. The second-order valence-corrected chi connectivity index (χ2v) is 11.4. The molecule has 1 aromatic carbocycles. The molecule has 0 aliphatic heterocycles. The Morgan fingerprint density at radius 1 is 0.955 bits per heavy atom. The van der Waals surface area contributed by atoms with Crippen molar-refractivity contribution in [2.24, 2.45) is 5.16 Å². The van der Waals surface area contributed by atoms with Crippen molar-refractivity contribution >= 4 is 39.8 Å². The van der Waals surface area contributed by atoms with Crippen LogP contribution < -0.4 is 42.4 Å². The van der Waals surface area contributed by atoms with Gasteiger partial charge in [0, 0.05) is 27.5 Å². The van der Waals surface area contributed by atoms with Gasteiger partial charge in [0.25, 0.3) is 5.56 Å². The van der Waals surface area contributed by atoms with E-state index >= 15 is 0 Å². The summed E-state index contributed by atoms with van der Waals surface area (Å²) in [6, 6.07) is 5.99. The van der Waals surface area contributed by atoms with E-state index in [1.165, 1.54) is 24.7 Å². The Labute approximate surface area is 247 Å². The molecule has 1 atom stereocenters. The first-order valence-corrected chi connectivity index (χ1v) is 14.1. The summed E-state index contributed by atoms with van der Waals surface area (Å²) in [4.78, 5) is 74.9. The number of hydrogen-bond donors (Lipinski definition) is 4. The summed E-state index contributed by atoms with van der Waals surface area (Å²) in [5.74, 6) is -2.56. The van der Waals surface area contributed by atoms with Gasteiger partial charge in [0.15, 0.2) is 11.2 Å². The highest BCUT2D eigenvalue weighted by atomic mass is 32.1. The van der Waals surface area contributed by atoms with E-state index in [1.54, 1.807) is 18.2 Å². The SMILES string of the molecule is CO/N=C/c1cc2c(-c3cccs3)c3c(c(O)c2c(=O)[nH]1)[C@@]1(CC3)C(O)=c2c(=O)c3c(=O)cc(OC)c(=O)c=3c(=O)c2=C1O. The Kier molecular flexibility index (Phi) is 5.72. The fraction of sp³-hybridized carbons (Fsp3) is 0.161. The molecule has 0 amide bonds. The fourth-order valence-electron chi connectivity index (χ4n) is 6.75. The van der Waals surface area contributed by atoms with E-state index in [4.69, 9.17) is 9.57 Å². The molecule has 4 aliphatic carbocycles. The molecule has 4 N–H and O–H groups in total. The Hall–Kier alpha value is -5.56. The molecule has 0 radical (unpaired) electrons. The van der Waals surface area contributed by atoms with Crippen molar-refractivity contribution in [1.82, 2.24) is 4.98 Å². The molecule has 2 aromatic heterocycles. The summed E-state index contributed by atoms with van der Waals surface area (Å²) in [6.07, 6.45) is 1.31. The molecule has 44 heavy (non-hydrogen) atoms. The van der Waals surface area contributed by atoms with E-state index < -0.39 is 76.6 Å². The maximum Gasteiger partial charge on any atom is 0.260 e. The maximum absolute atomic E-state index is 13.8. The second-order valence-electron chi connectivity index (χ2n) is 10.5. The van der Waals surface area contributed by atoms with Gasteiger partial charge < -0.3 is 29.9 Å². The highest BCUT2D eigenvalue weighted by Gasteiger charge is 2.54. The smallest absolute Gasteiger partial charge is 0.260 e. The van der Waals surface area contributed by atoms with E-state index in [0.717, 1.165) is 13.2 Å². The van der Waals surface area contributed by atoms with E-state index in [1.807, 2.05) is 5.38 Å². The van der Waals surface area contributed by atoms with Crippen molar-refractivity contribution in [3.63, 3.8) is 0 Å². The van der Waals surface area contributed by atoms with Gasteiger partial charge in [-0.2, -0.15) is 0 Å². The minimum atomic E-state index is -2.02. The number of aliphatic hydroxyl groups is 2. The molecule has 2 heterocycles. The number of pyridine rings is 1. The molecule has 4 aliphatic rings. The zero-order valence-corrected chi connectivity index (χ0v) is 23.7. The number of aliphatic hydroxyl groups excluding tert-OH is 2. The average Bonchev–Trinajstić information content (AvgIpc) is 3.72. The van der Waals surface area contributed by atoms with Crippen LogP contribution in [-0.4, -0.2) is 40.7 Å². The lowest BCUT2D eigenvalue weighted by atomic mass is 9.77. The van der Waals surface area contributed by atoms with Crippen molar-refractivity contribution in [2.75, 3.05) is 14.2 Å². The molecule has 1 spiro atoms. The number of methoxy groups -OCH3 is 1. The molecule has 0 saturated carbocycles. The van der Waals surface area contributed by atoms with Crippen LogP contribution in [0.5, 0.6) is 11.5 Å². The van der Waals surface area contributed by atoms with Crippen LogP contribution in [0.25, 0.3) is 32.7 Å². The van der Waals surface area contributed by atoms with Gasteiger partial charge in [0.05, 0.1) is 45.3 Å². The normalized spacial score (nSPS) is 17.3. The average molecular weight is 613 g/mol. The van der Waals surface area contributed by atoms with Crippen LogP contribution in [0.4, 0.5) is 0 Å². The largest absolute Gasteiger partial charge is 0.510 e. The zero-order chi connectivity index (χ0) is 31.2. The van der Waals surface area contributed by atoms with Gasteiger partial charge in [-0.15, -0.1) is 11.3 Å². The zero-order valence-electron chi connectivity index (χ0n) is 22.9. The molecule has 12 nitrogen and oxygen atoms in total. The van der Waals surface area contributed by atoms with Crippen LogP contribution in [0.15, 0.2) is 58.8 Å². The third-order valence-corrected chi connectivity index (χ3v) is 9.40. The highest BCUT2D eigenvalue weighted by molar-refractivity contribution is 7.13. The predicted octanol–water partition coefficient (Wildman–Crippen LogP) is 0.222. The number of fused-ring (bicyclic) bond motifs is 4. The van der Waals surface area contributed by atoms with Gasteiger partial charge in [-0.3, -0.25) is 24.0 Å². The van der Waals surface area contributed by atoms with Crippen molar-refractivity contribution in [1.29, 1.82) is 0 Å². The van der Waals surface area contributed by atoms with E-state index in [0.29, 0.717) is 21.4 Å². The number of H-pyrrole nitrogens is 1. The molecule has 0 fully saturated rings. The summed E-state index contributed by atoms with van der Waals surface area (Å²) in [5, 5.41) is 38.3. The monoisotopic (exact) mass is 612 g/mol. The number of aromatic nitrogens is 1. The molecule has 13 heteroatoms. The van der Waals surface area contributed by atoms with Crippen LogP contribution in [0.1, 0.15) is 23.2 Å². The van der Waals surface area contributed by atoms with Gasteiger partial charge >= 0.3 is 0 Å². The Balaban J connectivity index is 1.69. The molecule has 0 bridgehead atoms. The number of ether oxygens (including phenoxy) is 1. The number of thiophene rings is 1. The third-order valence-electron chi connectivity index (χ3n) is 8.51. The van der Waals surface area contributed by atoms with E-state index in [9.17, 15) is 39.3 Å². The van der Waals surface area contributed by atoms with Gasteiger partial charge in [-0.05, 0) is 35.9 Å². The Bertz CT molecular complexity index is 2620. The lowest BCUT2D eigenvalue weighted by Crippen LogP contribution is -2.51. The Morgan fingerprint density at radius 3 is 2.30 bits per heavy atom. The van der Waals surface area contributed by atoms with Crippen molar-refractivity contribution in [3.05, 3.63) is 119 Å². The van der Waals surface area contributed by atoms with Crippen molar-refractivity contribution < 1.29 is 24.9 Å². The highest BCUT2D eigenvalue weighted by Crippen LogP contribution is 2.57. The Morgan fingerprint density at radius 2 is 1.66 bits per heavy atom. The topological polar surface area (TPSA) is 193 Å². The third kappa shape index (κ3) is 3.21. The summed E-state index contributed by atoms with van der Waals surface area (Å²) >= 11 is 1.35. The van der Waals surface area contributed by atoms with Crippen LogP contribution in [-0.2, 0) is 16.7 Å². The quantitative estimate of drug-likeness (QED) is 0.161. The van der Waals surface area contributed by atoms with Crippen molar-refractivity contribution in [2.45, 2.75) is 18.3 Å². The predicted molar refractivity (Wildman–Crippen MR) is 161 cm³/mol. The molecule has 3 aromatic rings. The van der Waals surface area contributed by atoms with Crippen LogP contribution in [0.2, 0.25) is 0 Å². The van der Waals surface area contributed by atoms with E-state index in [2.05, 4.69) is 10.1 Å². The summed E-state index contributed by atoms with van der Waals surface area (Å²) < 4.78 is 4.93. The van der Waals surface area contributed by atoms with E-state index in [-0.39, 0.29) is 29.5 Å². The standard InChI is InChI=1S/C31H20N2O10S/c1-42-15-9-14(34)19-20(24(15)35)26(37)22-21(25(19)36)28(39)31(29(22)40)6-5-12-17(16-4-3-7-44-16)13-8-11(10-32-43-2)33-30(41)18(13)27(38)23(12)31/h3-4,7-10,38-40H,5-6H2,1-2H3,(H,33,41)/b32-10+/t31-/m0/s1. The number of aromatic hydroxyl groups is 1. The fourth-order valence-corrected chi connectivity index (χ4v) is 7.56. The molecule has 7 rings (SSSR count). The van der Waals surface area contributed by atoms with Gasteiger partial charge in [-0.25, -0.2) is 0 Å². The van der Waals surface area contributed by atoms with Crippen LogP contribution >= 0.6 is 11.3 Å². The number of phenolic OH excluding ortho intramolecular Hbond substituents is 1. The number of hydrogen-bond acceptors (Lipinski definition) is 12. The number of aromatic amines is 1. The van der Waals surface area contributed by atoms with Gasteiger partial charge in [0.2, 0.25) is 16.3 Å². The minimum Gasteiger partial charge on any atom is -0.510 e. The number of nitrogens with one attached hydrogen (secondary N) is 1. The molecule has 0 unspecified atom stereocenters. The number of nitrogens with zero attached hydrogens (tertiary/aromatic N) is 1. The first-order chi connectivity index (χ1) is 21.1. The van der Waals surface area contributed by atoms with Crippen LogP contribution in [0.3, 0.4) is 0 Å². The second kappa shape index (κ2) is 9.22. The lowest BCUT2D eigenvalue weighted by molar-refractivity contribution is 0.215. The molecule has 220 valence electrons. The maximum atomic E-state index is 13.8. The number of benzene rings is 1. The first-order valence-electron chi connectivity index (χ1n) is 13.2. The number of oxime groups is 1. The lowest BCUT2D eigenvalue weighted by Gasteiger charge is -2.27. The molecular weight excluding hydrogens is 592 g/mol. The number of phenols is 1. The van der Waals surface area contributed by atoms with Gasteiger partial charge in [0.1, 0.15) is 29.8 Å². The summed E-state index contributed by atoms with van der Waals surface area (Å²) in [6.45, 7) is 0. The van der Waals surface area contributed by atoms with Crippen molar-refractivity contribution in [3.8, 4) is 21.9 Å². The summed E-state index contributed by atoms with van der Waals surface area (Å²) in [7, 11) is 2.46.